The van der Waals surface area contributed by atoms with E-state index in [1.54, 1.807) is 27.5 Å². The van der Waals surface area contributed by atoms with Crippen molar-refractivity contribution in [3.05, 3.63) is 35.0 Å². The number of hydrogen-bond donors (Lipinski definition) is 1. The number of fused-ring (bicyclic) bond motifs is 1. The van der Waals surface area contributed by atoms with Gasteiger partial charge in [0, 0.05) is 18.9 Å². The van der Waals surface area contributed by atoms with Crippen molar-refractivity contribution in [2.45, 2.75) is 27.3 Å². The highest BCUT2D eigenvalue weighted by atomic mass is 32.1. The predicted octanol–water partition coefficient (Wildman–Crippen LogP) is 2.09. The van der Waals surface area contributed by atoms with Gasteiger partial charge in [0.1, 0.15) is 5.52 Å². The maximum absolute atomic E-state index is 12.2. The summed E-state index contributed by atoms with van der Waals surface area (Å²) in [4.78, 5) is 12.2. The first kappa shape index (κ1) is 13.2. The Hall–Kier alpha value is -1.23. The largest absolute Gasteiger partial charge is 0.312 e. The van der Waals surface area contributed by atoms with E-state index in [1.165, 1.54) is 0 Å². The van der Waals surface area contributed by atoms with E-state index >= 15 is 0 Å². The van der Waals surface area contributed by atoms with Gasteiger partial charge >= 0.3 is 0 Å². The van der Waals surface area contributed by atoms with Gasteiger partial charge in [0.15, 0.2) is 0 Å². The maximum atomic E-state index is 12.2. The van der Waals surface area contributed by atoms with Gasteiger partial charge in [0.25, 0.3) is 5.56 Å². The summed E-state index contributed by atoms with van der Waals surface area (Å²) < 4.78 is 3.36. The number of rotatable bonds is 3. The number of aromatic nitrogens is 3. The molecule has 0 bridgehead atoms. The SMILES string of the molecule is CC(C)(C)C(CS)Cn1ccn2nccc2c1=O. The van der Waals surface area contributed by atoms with Crippen molar-refractivity contribution in [1.29, 1.82) is 0 Å². The lowest BCUT2D eigenvalue weighted by molar-refractivity contribution is 0.236. The summed E-state index contributed by atoms with van der Waals surface area (Å²) in [7, 11) is 0. The lowest BCUT2D eigenvalue weighted by atomic mass is 9.82. The first-order valence-electron chi connectivity index (χ1n) is 6.07. The minimum atomic E-state index is 0.00559. The molecule has 2 rings (SSSR count). The van der Waals surface area contributed by atoms with Crippen molar-refractivity contribution in [3.8, 4) is 0 Å². The van der Waals surface area contributed by atoms with Gasteiger partial charge in [-0.1, -0.05) is 20.8 Å². The molecule has 98 valence electrons. The molecule has 0 saturated carbocycles. The van der Waals surface area contributed by atoms with Crippen LogP contribution in [0.25, 0.3) is 5.52 Å². The molecule has 2 heterocycles. The first-order chi connectivity index (χ1) is 8.43. The Morgan fingerprint density at radius 3 is 2.72 bits per heavy atom. The molecule has 5 heteroatoms. The summed E-state index contributed by atoms with van der Waals surface area (Å²) in [6.45, 7) is 7.22. The van der Waals surface area contributed by atoms with E-state index < -0.39 is 0 Å². The third-order valence-corrected chi connectivity index (χ3v) is 3.84. The number of nitrogens with zero attached hydrogens (tertiary/aromatic N) is 3. The fourth-order valence-electron chi connectivity index (χ4n) is 1.95. The van der Waals surface area contributed by atoms with Crippen LogP contribution in [0.4, 0.5) is 0 Å². The predicted molar refractivity (Wildman–Crippen MR) is 76.3 cm³/mol. The third kappa shape index (κ3) is 2.46. The van der Waals surface area contributed by atoms with Gasteiger partial charge in [-0.15, -0.1) is 0 Å². The molecule has 1 atom stereocenters. The van der Waals surface area contributed by atoms with Crippen molar-refractivity contribution >= 4 is 18.1 Å². The van der Waals surface area contributed by atoms with Gasteiger partial charge < -0.3 is 4.57 Å². The van der Waals surface area contributed by atoms with E-state index in [4.69, 9.17) is 0 Å². The molecule has 0 fully saturated rings. The van der Waals surface area contributed by atoms with Crippen LogP contribution in [0.1, 0.15) is 20.8 Å². The molecule has 1 unspecified atom stereocenters. The Bertz CT molecular complexity index is 594. The van der Waals surface area contributed by atoms with Crippen molar-refractivity contribution < 1.29 is 0 Å². The maximum Gasteiger partial charge on any atom is 0.276 e. The molecule has 2 aromatic heterocycles. The van der Waals surface area contributed by atoms with E-state index in [1.807, 2.05) is 6.20 Å². The lowest BCUT2D eigenvalue weighted by Gasteiger charge is -2.29. The second-order valence-electron chi connectivity index (χ2n) is 5.66. The second-order valence-corrected chi connectivity index (χ2v) is 6.03. The van der Waals surface area contributed by atoms with Crippen LogP contribution in [0.15, 0.2) is 29.5 Å². The van der Waals surface area contributed by atoms with Crippen LogP contribution in [0, 0.1) is 11.3 Å². The zero-order valence-corrected chi connectivity index (χ0v) is 11.9. The minimum Gasteiger partial charge on any atom is -0.312 e. The molecule has 0 saturated heterocycles. The second kappa shape index (κ2) is 4.80. The molecular formula is C13H19N3OS. The summed E-state index contributed by atoms with van der Waals surface area (Å²) in [6.07, 6.45) is 5.25. The van der Waals surface area contributed by atoms with Gasteiger partial charge in [-0.3, -0.25) is 4.79 Å². The molecular weight excluding hydrogens is 246 g/mol. The Morgan fingerprint density at radius 2 is 2.11 bits per heavy atom. The topological polar surface area (TPSA) is 39.3 Å². The van der Waals surface area contributed by atoms with E-state index in [9.17, 15) is 4.79 Å². The van der Waals surface area contributed by atoms with E-state index in [0.717, 1.165) is 5.75 Å². The number of hydrogen-bond acceptors (Lipinski definition) is 3. The fourth-order valence-corrected chi connectivity index (χ4v) is 2.61. The Morgan fingerprint density at radius 1 is 1.39 bits per heavy atom. The van der Waals surface area contributed by atoms with Gasteiger partial charge in [-0.05, 0) is 23.2 Å². The lowest BCUT2D eigenvalue weighted by Crippen LogP contribution is -2.32. The molecule has 0 radical (unpaired) electrons. The molecule has 0 aromatic carbocycles. The third-order valence-electron chi connectivity index (χ3n) is 3.40. The summed E-state index contributed by atoms with van der Waals surface area (Å²) in [5, 5.41) is 4.06. The molecule has 0 aliphatic heterocycles. The Labute approximate surface area is 112 Å². The van der Waals surface area contributed by atoms with Gasteiger partial charge in [0.05, 0.1) is 6.20 Å². The average molecular weight is 265 g/mol. The first-order valence-corrected chi connectivity index (χ1v) is 6.70. The van der Waals surface area contributed by atoms with E-state index in [2.05, 4.69) is 38.5 Å². The Balaban J connectivity index is 2.37. The Kier molecular flexibility index (Phi) is 3.52. The zero-order chi connectivity index (χ0) is 13.3. The number of thiol groups is 1. The van der Waals surface area contributed by atoms with Crippen LogP contribution in [0.5, 0.6) is 0 Å². The van der Waals surface area contributed by atoms with Crippen LogP contribution in [0.2, 0.25) is 0 Å². The highest BCUT2D eigenvalue weighted by molar-refractivity contribution is 7.80. The van der Waals surface area contributed by atoms with Crippen molar-refractivity contribution in [3.63, 3.8) is 0 Å². The fraction of sp³-hybridized carbons (Fsp3) is 0.538. The molecule has 0 N–H and O–H groups in total. The molecule has 0 aliphatic rings. The van der Waals surface area contributed by atoms with Gasteiger partial charge in [-0.25, -0.2) is 4.52 Å². The summed E-state index contributed by atoms with van der Waals surface area (Å²) >= 11 is 4.40. The molecule has 18 heavy (non-hydrogen) atoms. The van der Waals surface area contributed by atoms with E-state index in [-0.39, 0.29) is 11.0 Å². The minimum absolute atomic E-state index is 0.00559. The quantitative estimate of drug-likeness (QED) is 0.863. The van der Waals surface area contributed by atoms with Gasteiger partial charge in [-0.2, -0.15) is 17.7 Å². The van der Waals surface area contributed by atoms with Crippen molar-refractivity contribution in [2.24, 2.45) is 11.3 Å². The highest BCUT2D eigenvalue weighted by Crippen LogP contribution is 2.27. The van der Waals surface area contributed by atoms with Crippen molar-refractivity contribution in [2.75, 3.05) is 5.75 Å². The molecule has 4 nitrogen and oxygen atoms in total. The van der Waals surface area contributed by atoms with Crippen LogP contribution < -0.4 is 5.56 Å². The normalized spacial score (nSPS) is 14.0. The molecule has 0 aliphatic carbocycles. The zero-order valence-electron chi connectivity index (χ0n) is 11.0. The van der Waals surface area contributed by atoms with Crippen LogP contribution in [-0.4, -0.2) is 19.9 Å². The van der Waals surface area contributed by atoms with Crippen LogP contribution in [-0.2, 0) is 6.54 Å². The summed E-state index contributed by atoms with van der Waals surface area (Å²) in [5.74, 6) is 1.12. The highest BCUT2D eigenvalue weighted by Gasteiger charge is 2.24. The molecule has 0 spiro atoms. The smallest absolute Gasteiger partial charge is 0.276 e. The van der Waals surface area contributed by atoms with Crippen molar-refractivity contribution in [1.82, 2.24) is 14.2 Å². The van der Waals surface area contributed by atoms with Crippen LogP contribution in [0.3, 0.4) is 0 Å². The molecule has 2 aromatic rings. The summed E-state index contributed by atoms with van der Waals surface area (Å²) in [5.41, 5.74) is 0.753. The van der Waals surface area contributed by atoms with Gasteiger partial charge in [0.2, 0.25) is 0 Å². The molecule has 0 amide bonds. The monoisotopic (exact) mass is 265 g/mol. The van der Waals surface area contributed by atoms with Crippen LogP contribution >= 0.6 is 12.6 Å². The average Bonchev–Trinajstić information content (AvgIpc) is 2.75. The summed E-state index contributed by atoms with van der Waals surface area (Å²) in [6, 6.07) is 1.74. The standard InChI is InChI=1S/C13H19N3OS/c1-13(2,3)10(9-18)8-15-6-7-16-11(12(15)17)4-5-14-16/h4-7,10,18H,8-9H2,1-3H3. The van der Waals surface area contributed by atoms with E-state index in [0.29, 0.717) is 18.0 Å².